The number of aryl methyl sites for hydroxylation is 1. The molecule has 2 aliphatic rings. The van der Waals surface area contributed by atoms with E-state index >= 15 is 0 Å². The second-order valence-corrected chi connectivity index (χ2v) is 8.49. The maximum Gasteiger partial charge on any atom is 0.141 e. The highest BCUT2D eigenvalue weighted by Crippen LogP contribution is 2.40. The Labute approximate surface area is 134 Å². The van der Waals surface area contributed by atoms with Gasteiger partial charge in [0.25, 0.3) is 0 Å². The lowest BCUT2D eigenvalue weighted by Gasteiger charge is -2.23. The molecule has 2 aromatic rings. The Morgan fingerprint density at radius 1 is 1.24 bits per heavy atom. The van der Waals surface area contributed by atoms with Crippen LogP contribution >= 0.6 is 23.1 Å². The summed E-state index contributed by atoms with van der Waals surface area (Å²) in [5.41, 5.74) is 1.56. The molecular weight excluding hydrogens is 298 g/mol. The van der Waals surface area contributed by atoms with Crippen molar-refractivity contribution in [1.29, 1.82) is 0 Å². The van der Waals surface area contributed by atoms with Gasteiger partial charge in [0.05, 0.1) is 5.39 Å². The summed E-state index contributed by atoms with van der Waals surface area (Å²) < 4.78 is 0. The molecule has 1 saturated heterocycles. The number of nitrogens with zero attached hydrogens (tertiary/aromatic N) is 3. The van der Waals surface area contributed by atoms with Crippen molar-refractivity contribution < 1.29 is 0 Å². The van der Waals surface area contributed by atoms with Gasteiger partial charge in [0, 0.05) is 23.7 Å². The average Bonchev–Trinajstić information content (AvgIpc) is 2.68. The van der Waals surface area contributed by atoms with Crippen molar-refractivity contribution in [3.8, 4) is 0 Å². The molecule has 0 amide bonds. The molecule has 21 heavy (non-hydrogen) atoms. The molecule has 0 bridgehead atoms. The Kier molecular flexibility index (Phi) is 3.79. The highest BCUT2D eigenvalue weighted by atomic mass is 32.2. The van der Waals surface area contributed by atoms with E-state index in [0.717, 1.165) is 19.0 Å². The monoisotopic (exact) mass is 319 g/mol. The van der Waals surface area contributed by atoms with E-state index in [0.29, 0.717) is 0 Å². The van der Waals surface area contributed by atoms with Gasteiger partial charge in [-0.1, -0.05) is 6.92 Å². The van der Waals surface area contributed by atoms with Crippen molar-refractivity contribution in [3.05, 3.63) is 16.8 Å². The second-order valence-electron chi connectivity index (χ2n) is 6.18. The number of thiophene rings is 1. The number of rotatable bonds is 1. The van der Waals surface area contributed by atoms with E-state index in [2.05, 4.69) is 33.6 Å². The van der Waals surface area contributed by atoms with Crippen LogP contribution in [0.3, 0.4) is 0 Å². The zero-order valence-corrected chi connectivity index (χ0v) is 14.1. The normalized spacial score (nSPS) is 23.1. The van der Waals surface area contributed by atoms with Gasteiger partial charge >= 0.3 is 0 Å². The largest absolute Gasteiger partial charge is 0.355 e. The van der Waals surface area contributed by atoms with Crippen LogP contribution in [0.4, 0.5) is 5.82 Å². The molecule has 5 heteroatoms. The Morgan fingerprint density at radius 3 is 3.14 bits per heavy atom. The molecule has 0 N–H and O–H groups in total. The molecule has 4 rings (SSSR count). The van der Waals surface area contributed by atoms with E-state index in [4.69, 9.17) is 0 Å². The molecule has 112 valence electrons. The lowest BCUT2D eigenvalue weighted by atomic mass is 9.89. The van der Waals surface area contributed by atoms with Crippen LogP contribution in [0.1, 0.15) is 30.2 Å². The van der Waals surface area contributed by atoms with Crippen molar-refractivity contribution in [2.75, 3.05) is 29.5 Å². The van der Waals surface area contributed by atoms with Crippen molar-refractivity contribution in [2.24, 2.45) is 5.92 Å². The van der Waals surface area contributed by atoms with Crippen molar-refractivity contribution >= 4 is 39.1 Å². The Hall–Kier alpha value is -0.810. The molecule has 3 nitrogen and oxygen atoms in total. The Balaban J connectivity index is 1.81. The maximum atomic E-state index is 4.68. The van der Waals surface area contributed by atoms with Crippen LogP contribution in [0, 0.1) is 5.92 Å². The van der Waals surface area contributed by atoms with E-state index in [-0.39, 0.29) is 0 Å². The minimum atomic E-state index is 0.816. The first kappa shape index (κ1) is 13.8. The summed E-state index contributed by atoms with van der Waals surface area (Å²) >= 11 is 3.97. The molecular formula is C16H21N3S2. The predicted molar refractivity (Wildman–Crippen MR) is 92.8 cm³/mol. The van der Waals surface area contributed by atoms with Crippen LogP contribution in [0.15, 0.2) is 6.33 Å². The number of anilines is 1. The van der Waals surface area contributed by atoms with E-state index < -0.39 is 0 Å². The number of aromatic nitrogens is 2. The minimum Gasteiger partial charge on any atom is -0.355 e. The SMILES string of the molecule is C[C@H]1CCc2c(sc3ncnc(N4CCCSCC4)c23)C1. The molecule has 0 radical (unpaired) electrons. The molecule has 0 saturated carbocycles. The molecule has 3 heterocycles. The van der Waals surface area contributed by atoms with Gasteiger partial charge in [-0.3, -0.25) is 0 Å². The minimum absolute atomic E-state index is 0.816. The molecule has 0 spiro atoms. The first-order valence-electron chi connectivity index (χ1n) is 7.91. The molecule has 2 aromatic heterocycles. The van der Waals surface area contributed by atoms with Crippen LogP contribution in [0.25, 0.3) is 10.2 Å². The smallest absolute Gasteiger partial charge is 0.141 e. The zero-order chi connectivity index (χ0) is 14.2. The summed E-state index contributed by atoms with van der Waals surface area (Å²) in [4.78, 5) is 14.5. The number of hydrogen-bond acceptors (Lipinski definition) is 5. The Morgan fingerprint density at radius 2 is 2.19 bits per heavy atom. The zero-order valence-electron chi connectivity index (χ0n) is 12.5. The highest BCUT2D eigenvalue weighted by Gasteiger charge is 2.25. The third-order valence-electron chi connectivity index (χ3n) is 4.59. The van der Waals surface area contributed by atoms with Gasteiger partial charge in [-0.25, -0.2) is 9.97 Å². The molecule has 1 atom stereocenters. The fourth-order valence-electron chi connectivity index (χ4n) is 3.46. The summed E-state index contributed by atoms with van der Waals surface area (Å²) in [6.07, 6.45) is 6.77. The van der Waals surface area contributed by atoms with Crippen LogP contribution in [-0.4, -0.2) is 34.6 Å². The number of hydrogen-bond donors (Lipinski definition) is 0. The number of thioether (sulfide) groups is 1. The molecule has 0 aromatic carbocycles. The van der Waals surface area contributed by atoms with E-state index in [1.54, 1.807) is 16.8 Å². The summed E-state index contributed by atoms with van der Waals surface area (Å²) in [7, 11) is 0. The third kappa shape index (κ3) is 2.55. The molecule has 1 fully saturated rings. The second kappa shape index (κ2) is 5.76. The van der Waals surface area contributed by atoms with Crippen LogP contribution in [0.5, 0.6) is 0 Å². The van der Waals surface area contributed by atoms with Gasteiger partial charge in [0.15, 0.2) is 0 Å². The van der Waals surface area contributed by atoms with Gasteiger partial charge in [-0.2, -0.15) is 11.8 Å². The Bertz CT molecular complexity index is 644. The van der Waals surface area contributed by atoms with E-state index in [9.17, 15) is 0 Å². The van der Waals surface area contributed by atoms with E-state index in [1.807, 2.05) is 11.3 Å². The summed E-state index contributed by atoms with van der Waals surface area (Å²) in [6.45, 7) is 4.63. The van der Waals surface area contributed by atoms with Crippen molar-refractivity contribution in [3.63, 3.8) is 0 Å². The topological polar surface area (TPSA) is 29.0 Å². The first-order valence-corrected chi connectivity index (χ1v) is 9.88. The molecule has 0 unspecified atom stereocenters. The van der Waals surface area contributed by atoms with Crippen molar-refractivity contribution in [1.82, 2.24) is 9.97 Å². The highest BCUT2D eigenvalue weighted by molar-refractivity contribution is 7.99. The average molecular weight is 319 g/mol. The fourth-order valence-corrected chi connectivity index (χ4v) is 5.69. The quantitative estimate of drug-likeness (QED) is 0.800. The van der Waals surface area contributed by atoms with Crippen LogP contribution in [-0.2, 0) is 12.8 Å². The summed E-state index contributed by atoms with van der Waals surface area (Å²) in [6, 6.07) is 0. The summed E-state index contributed by atoms with van der Waals surface area (Å²) in [5, 5.41) is 1.37. The first-order chi connectivity index (χ1) is 10.3. The molecule has 1 aliphatic heterocycles. The van der Waals surface area contributed by atoms with Gasteiger partial charge in [0.1, 0.15) is 17.0 Å². The summed E-state index contributed by atoms with van der Waals surface area (Å²) in [5.74, 6) is 4.52. The fraction of sp³-hybridized carbons (Fsp3) is 0.625. The van der Waals surface area contributed by atoms with Gasteiger partial charge in [0.2, 0.25) is 0 Å². The lowest BCUT2D eigenvalue weighted by Crippen LogP contribution is -2.26. The maximum absolute atomic E-state index is 4.68. The van der Waals surface area contributed by atoms with Crippen molar-refractivity contribution in [2.45, 2.75) is 32.6 Å². The third-order valence-corrected chi connectivity index (χ3v) is 6.80. The standard InChI is InChI=1S/C16H21N3S2/c1-11-3-4-12-13(9-11)21-16-14(12)15(17-10-18-16)19-5-2-7-20-8-6-19/h10-11H,2-9H2,1H3/t11-/m0/s1. The van der Waals surface area contributed by atoms with Gasteiger partial charge in [-0.15, -0.1) is 11.3 Å². The number of fused-ring (bicyclic) bond motifs is 3. The van der Waals surface area contributed by atoms with Gasteiger partial charge in [-0.05, 0) is 42.9 Å². The van der Waals surface area contributed by atoms with Crippen LogP contribution in [0.2, 0.25) is 0 Å². The lowest BCUT2D eigenvalue weighted by molar-refractivity contribution is 0.509. The predicted octanol–water partition coefficient (Wildman–Crippen LogP) is 3.76. The molecule has 1 aliphatic carbocycles. The van der Waals surface area contributed by atoms with Crippen LogP contribution < -0.4 is 4.90 Å². The van der Waals surface area contributed by atoms with E-state index in [1.165, 1.54) is 53.2 Å². The van der Waals surface area contributed by atoms with Gasteiger partial charge < -0.3 is 4.90 Å².